The van der Waals surface area contributed by atoms with Crippen molar-refractivity contribution < 1.29 is 17.9 Å². The molecule has 2 aromatic rings. The molecule has 0 N–H and O–H groups in total. The Balaban J connectivity index is 1.31. The first-order chi connectivity index (χ1) is 14.5. The van der Waals surface area contributed by atoms with Crippen molar-refractivity contribution in [1.82, 2.24) is 4.90 Å². The highest BCUT2D eigenvalue weighted by Crippen LogP contribution is 2.49. The molecule has 2 aromatic carbocycles. The fourth-order valence-corrected chi connectivity index (χ4v) is 6.57. The van der Waals surface area contributed by atoms with E-state index in [1.54, 1.807) is 0 Å². The van der Waals surface area contributed by atoms with Gasteiger partial charge in [-0.25, -0.2) is 8.42 Å². The Morgan fingerprint density at radius 2 is 1.83 bits per heavy atom. The summed E-state index contributed by atoms with van der Waals surface area (Å²) < 4.78 is 40.4. The normalized spacial score (nSPS) is 28.3. The second-order valence-electron chi connectivity index (χ2n) is 8.70. The molecule has 3 fully saturated rings. The van der Waals surface area contributed by atoms with E-state index in [1.807, 2.05) is 24.3 Å². The SMILES string of the molecule is O=S1(=O)CCN2C(=N1)C1(c3ccc(Oc4ccc5c(c4)OCC5)cc3)CCC2CC1. The molecule has 30 heavy (non-hydrogen) atoms. The lowest BCUT2D eigenvalue weighted by molar-refractivity contribution is 0.151. The van der Waals surface area contributed by atoms with Crippen LogP contribution in [0.15, 0.2) is 46.9 Å². The van der Waals surface area contributed by atoms with Gasteiger partial charge in [0.2, 0.25) is 0 Å². The molecule has 0 spiro atoms. The molecular formula is C23H24N2O4S. The third-order valence-electron chi connectivity index (χ3n) is 7.08. The molecule has 7 heteroatoms. The summed E-state index contributed by atoms with van der Waals surface area (Å²) in [6.45, 7) is 1.29. The summed E-state index contributed by atoms with van der Waals surface area (Å²) in [7, 11) is -3.37. The number of hydrogen-bond donors (Lipinski definition) is 0. The molecular weight excluding hydrogens is 400 g/mol. The number of amidine groups is 1. The van der Waals surface area contributed by atoms with Crippen molar-refractivity contribution in [3.8, 4) is 17.2 Å². The van der Waals surface area contributed by atoms with E-state index >= 15 is 0 Å². The first-order valence-electron chi connectivity index (χ1n) is 10.7. The molecule has 4 heterocycles. The maximum atomic E-state index is 12.2. The van der Waals surface area contributed by atoms with Gasteiger partial charge in [-0.05, 0) is 55.0 Å². The van der Waals surface area contributed by atoms with Crippen LogP contribution in [-0.4, -0.2) is 44.1 Å². The van der Waals surface area contributed by atoms with E-state index in [-0.39, 0.29) is 11.2 Å². The third-order valence-corrected chi connectivity index (χ3v) is 8.23. The van der Waals surface area contributed by atoms with Crippen LogP contribution in [0, 0.1) is 0 Å². The third kappa shape index (κ3) is 2.82. The molecule has 0 unspecified atom stereocenters. The first kappa shape index (κ1) is 18.2. The van der Waals surface area contributed by atoms with Crippen LogP contribution >= 0.6 is 0 Å². The highest BCUT2D eigenvalue weighted by molar-refractivity contribution is 7.90. The Hall–Kier alpha value is -2.54. The summed E-state index contributed by atoms with van der Waals surface area (Å²) in [5, 5.41) is 0. The minimum absolute atomic E-state index is 0.125. The molecule has 2 bridgehead atoms. The number of fused-ring (bicyclic) bond motifs is 3. The van der Waals surface area contributed by atoms with Gasteiger partial charge in [-0.3, -0.25) is 0 Å². The molecule has 0 aromatic heterocycles. The number of piperidine rings is 2. The number of benzene rings is 2. The van der Waals surface area contributed by atoms with Crippen LogP contribution in [-0.2, 0) is 21.9 Å². The Labute approximate surface area is 176 Å². The van der Waals surface area contributed by atoms with Crippen LogP contribution in [0.4, 0.5) is 0 Å². The first-order valence-corrected chi connectivity index (χ1v) is 12.3. The van der Waals surface area contributed by atoms with Crippen LogP contribution in [0.25, 0.3) is 0 Å². The second kappa shape index (κ2) is 6.48. The van der Waals surface area contributed by atoms with Crippen LogP contribution in [0.1, 0.15) is 36.8 Å². The second-order valence-corrected chi connectivity index (χ2v) is 10.5. The predicted octanol–water partition coefficient (Wildman–Crippen LogP) is 3.65. The van der Waals surface area contributed by atoms with Gasteiger partial charge in [-0.2, -0.15) is 0 Å². The maximum absolute atomic E-state index is 12.2. The molecule has 0 radical (unpaired) electrons. The summed E-state index contributed by atoms with van der Waals surface area (Å²) in [5.41, 5.74) is 2.05. The van der Waals surface area contributed by atoms with Crippen molar-refractivity contribution in [2.75, 3.05) is 18.9 Å². The van der Waals surface area contributed by atoms with Crippen molar-refractivity contribution in [3.05, 3.63) is 53.6 Å². The number of sulfonamides is 1. The van der Waals surface area contributed by atoms with E-state index in [0.29, 0.717) is 12.6 Å². The van der Waals surface area contributed by atoms with E-state index in [9.17, 15) is 8.42 Å². The summed E-state index contributed by atoms with van der Waals surface area (Å²) in [4.78, 5) is 2.25. The van der Waals surface area contributed by atoms with Gasteiger partial charge in [0.15, 0.2) is 0 Å². The molecule has 5 aliphatic rings. The zero-order valence-corrected chi connectivity index (χ0v) is 17.5. The van der Waals surface area contributed by atoms with Gasteiger partial charge in [0, 0.05) is 25.1 Å². The summed E-state index contributed by atoms with van der Waals surface area (Å²) in [5.74, 6) is 3.31. The zero-order chi connectivity index (χ0) is 20.3. The van der Waals surface area contributed by atoms with Gasteiger partial charge < -0.3 is 14.4 Å². The van der Waals surface area contributed by atoms with Crippen LogP contribution in [0.5, 0.6) is 17.2 Å². The van der Waals surface area contributed by atoms with Crippen LogP contribution in [0.2, 0.25) is 0 Å². The maximum Gasteiger partial charge on any atom is 0.256 e. The quantitative estimate of drug-likeness (QED) is 0.752. The Morgan fingerprint density at radius 3 is 2.63 bits per heavy atom. The number of hydrogen-bond acceptors (Lipinski definition) is 5. The fourth-order valence-electron chi connectivity index (χ4n) is 5.50. The molecule has 6 nitrogen and oxygen atoms in total. The lowest BCUT2D eigenvalue weighted by Gasteiger charge is -2.55. The van der Waals surface area contributed by atoms with Gasteiger partial charge in [0.05, 0.1) is 17.8 Å². The fraction of sp³-hybridized carbons (Fsp3) is 0.435. The van der Waals surface area contributed by atoms with Gasteiger partial charge in [-0.1, -0.05) is 18.2 Å². The summed E-state index contributed by atoms with van der Waals surface area (Å²) >= 11 is 0. The van der Waals surface area contributed by atoms with Gasteiger partial charge in [-0.15, -0.1) is 4.40 Å². The Bertz CT molecular complexity index is 1130. The number of rotatable bonds is 3. The Kier molecular flexibility index (Phi) is 3.94. The molecule has 2 saturated heterocycles. The highest BCUT2D eigenvalue weighted by Gasteiger charge is 2.52. The standard InChI is InChI=1S/C23H24N2O4S/c26-30(27)14-12-25-18-7-10-23(11-8-18,22(25)24-30)17-2-5-19(6-3-17)29-20-4-1-16-9-13-28-21(16)15-20/h1-6,15,18H,7-14H2. The van der Waals surface area contributed by atoms with Gasteiger partial charge >= 0.3 is 0 Å². The predicted molar refractivity (Wildman–Crippen MR) is 114 cm³/mol. The zero-order valence-electron chi connectivity index (χ0n) is 16.7. The number of ether oxygens (including phenoxy) is 2. The molecule has 1 aliphatic carbocycles. The minimum atomic E-state index is -3.37. The topological polar surface area (TPSA) is 68.2 Å². The van der Waals surface area contributed by atoms with Crippen LogP contribution < -0.4 is 9.47 Å². The van der Waals surface area contributed by atoms with E-state index in [4.69, 9.17) is 9.47 Å². The van der Waals surface area contributed by atoms with E-state index in [1.165, 1.54) is 5.56 Å². The molecule has 1 saturated carbocycles. The van der Waals surface area contributed by atoms with Crippen molar-refractivity contribution >= 4 is 15.9 Å². The molecule has 156 valence electrons. The minimum Gasteiger partial charge on any atom is -0.493 e. The van der Waals surface area contributed by atoms with Crippen molar-refractivity contribution in [1.29, 1.82) is 0 Å². The number of nitrogens with zero attached hydrogens (tertiary/aromatic N) is 2. The lowest BCUT2D eigenvalue weighted by atomic mass is 9.63. The van der Waals surface area contributed by atoms with E-state index in [0.717, 1.165) is 67.4 Å². The Morgan fingerprint density at radius 1 is 1.07 bits per heavy atom. The molecule has 7 rings (SSSR count). The monoisotopic (exact) mass is 424 g/mol. The molecule has 4 aliphatic heterocycles. The molecule has 0 amide bonds. The summed E-state index contributed by atoms with van der Waals surface area (Å²) in [6, 6.07) is 14.5. The van der Waals surface area contributed by atoms with E-state index < -0.39 is 10.0 Å². The largest absolute Gasteiger partial charge is 0.493 e. The average Bonchev–Trinajstić information content (AvgIpc) is 3.22. The van der Waals surface area contributed by atoms with Crippen molar-refractivity contribution in [2.45, 2.75) is 43.6 Å². The highest BCUT2D eigenvalue weighted by atomic mass is 32.2. The lowest BCUT2D eigenvalue weighted by Crippen LogP contribution is -2.62. The van der Waals surface area contributed by atoms with Crippen molar-refractivity contribution in [3.63, 3.8) is 0 Å². The van der Waals surface area contributed by atoms with Gasteiger partial charge in [0.1, 0.15) is 23.1 Å². The smallest absolute Gasteiger partial charge is 0.256 e. The van der Waals surface area contributed by atoms with Crippen molar-refractivity contribution in [2.24, 2.45) is 4.40 Å². The summed E-state index contributed by atoms with van der Waals surface area (Å²) in [6.07, 6.45) is 5.03. The van der Waals surface area contributed by atoms with Crippen LogP contribution in [0.3, 0.4) is 0 Å². The van der Waals surface area contributed by atoms with Gasteiger partial charge in [0.25, 0.3) is 10.0 Å². The van der Waals surface area contributed by atoms with E-state index in [2.05, 4.69) is 27.5 Å². The average molecular weight is 425 g/mol. The molecule has 0 atom stereocenters.